The van der Waals surface area contributed by atoms with E-state index < -0.39 is 0 Å². The van der Waals surface area contributed by atoms with Crippen molar-refractivity contribution < 1.29 is 9.90 Å². The maximum Gasteiger partial charge on any atom is 0.254 e. The van der Waals surface area contributed by atoms with Crippen LogP contribution in [0.25, 0.3) is 0 Å². The first-order valence-electron chi connectivity index (χ1n) is 7.56. The van der Waals surface area contributed by atoms with Crippen molar-refractivity contribution in [3.05, 3.63) is 29.3 Å². The molecular formula is C16H25N3O2. The molecule has 1 aliphatic rings. The first-order valence-corrected chi connectivity index (χ1v) is 7.56. The highest BCUT2D eigenvalue weighted by atomic mass is 16.3. The van der Waals surface area contributed by atoms with Crippen LogP contribution in [-0.2, 0) is 0 Å². The number of β-amino-alcohol motifs (C(OH)–C–C–N with tert-alkyl or cyclic N) is 1. The molecule has 0 spiro atoms. The molecule has 1 aromatic rings. The molecule has 1 aliphatic heterocycles. The molecule has 0 aliphatic carbocycles. The van der Waals surface area contributed by atoms with Gasteiger partial charge < -0.3 is 15.3 Å². The van der Waals surface area contributed by atoms with E-state index in [-0.39, 0.29) is 12.5 Å². The third-order valence-electron chi connectivity index (χ3n) is 4.04. The monoisotopic (exact) mass is 291 g/mol. The number of hydrogen-bond donors (Lipinski definition) is 2. The second-order valence-corrected chi connectivity index (χ2v) is 5.49. The van der Waals surface area contributed by atoms with Crippen LogP contribution in [-0.4, -0.2) is 67.2 Å². The summed E-state index contributed by atoms with van der Waals surface area (Å²) < 4.78 is 0. The molecule has 0 atom stereocenters. The van der Waals surface area contributed by atoms with Gasteiger partial charge in [0.25, 0.3) is 5.91 Å². The summed E-state index contributed by atoms with van der Waals surface area (Å²) in [7, 11) is 1.88. The van der Waals surface area contributed by atoms with E-state index in [0.29, 0.717) is 6.54 Å². The first-order chi connectivity index (χ1) is 10.2. The molecule has 116 valence electrons. The molecule has 0 aromatic heterocycles. The van der Waals surface area contributed by atoms with Crippen molar-refractivity contribution in [3.8, 4) is 0 Å². The SMILES string of the molecule is CNc1ccc(C(=O)N2CCCN(CCO)CC2)c(C)c1. The highest BCUT2D eigenvalue weighted by Crippen LogP contribution is 2.17. The molecule has 2 rings (SSSR count). The van der Waals surface area contributed by atoms with Crippen LogP contribution < -0.4 is 5.32 Å². The number of nitrogens with zero attached hydrogens (tertiary/aromatic N) is 2. The van der Waals surface area contributed by atoms with Gasteiger partial charge in [-0.3, -0.25) is 9.69 Å². The lowest BCUT2D eigenvalue weighted by Gasteiger charge is -2.22. The summed E-state index contributed by atoms with van der Waals surface area (Å²) in [5, 5.41) is 12.1. The zero-order valence-electron chi connectivity index (χ0n) is 12.9. The van der Waals surface area contributed by atoms with Crippen LogP contribution in [0.2, 0.25) is 0 Å². The Hall–Kier alpha value is -1.59. The van der Waals surface area contributed by atoms with Gasteiger partial charge in [-0.2, -0.15) is 0 Å². The average molecular weight is 291 g/mol. The number of rotatable bonds is 4. The van der Waals surface area contributed by atoms with Gasteiger partial charge in [-0.1, -0.05) is 0 Å². The van der Waals surface area contributed by atoms with Gasteiger partial charge in [0, 0.05) is 44.5 Å². The Kier molecular flexibility index (Phi) is 5.59. The van der Waals surface area contributed by atoms with Crippen LogP contribution >= 0.6 is 0 Å². The van der Waals surface area contributed by atoms with Gasteiger partial charge >= 0.3 is 0 Å². The van der Waals surface area contributed by atoms with Crippen molar-refractivity contribution in [3.63, 3.8) is 0 Å². The summed E-state index contributed by atoms with van der Waals surface area (Å²) >= 11 is 0. The van der Waals surface area contributed by atoms with E-state index in [4.69, 9.17) is 5.11 Å². The molecule has 0 bridgehead atoms. The van der Waals surface area contributed by atoms with Crippen LogP contribution in [0.15, 0.2) is 18.2 Å². The number of aliphatic hydroxyl groups excluding tert-OH is 1. The minimum Gasteiger partial charge on any atom is -0.395 e. The highest BCUT2D eigenvalue weighted by Gasteiger charge is 2.21. The quantitative estimate of drug-likeness (QED) is 0.874. The number of anilines is 1. The van der Waals surface area contributed by atoms with Gasteiger partial charge in [-0.15, -0.1) is 0 Å². The minimum atomic E-state index is 0.112. The predicted octanol–water partition coefficient (Wildman–Crippen LogP) is 1.18. The number of carbonyl (C=O) groups excluding carboxylic acids is 1. The summed E-state index contributed by atoms with van der Waals surface area (Å²) in [4.78, 5) is 16.8. The smallest absolute Gasteiger partial charge is 0.254 e. The maximum absolute atomic E-state index is 12.7. The van der Waals surface area contributed by atoms with E-state index in [1.807, 2.05) is 37.1 Å². The lowest BCUT2D eigenvalue weighted by atomic mass is 10.1. The second-order valence-electron chi connectivity index (χ2n) is 5.49. The normalized spacial score (nSPS) is 16.6. The van der Waals surface area contributed by atoms with E-state index in [2.05, 4.69) is 10.2 Å². The molecule has 1 saturated heterocycles. The zero-order chi connectivity index (χ0) is 15.2. The van der Waals surface area contributed by atoms with E-state index >= 15 is 0 Å². The van der Waals surface area contributed by atoms with Gasteiger partial charge in [-0.05, 0) is 43.7 Å². The zero-order valence-corrected chi connectivity index (χ0v) is 12.9. The average Bonchev–Trinajstić information content (AvgIpc) is 2.72. The van der Waals surface area contributed by atoms with Gasteiger partial charge in [0.05, 0.1) is 6.61 Å². The van der Waals surface area contributed by atoms with Crippen LogP contribution in [0, 0.1) is 6.92 Å². The fourth-order valence-corrected chi connectivity index (χ4v) is 2.77. The molecule has 5 heteroatoms. The Morgan fingerprint density at radius 2 is 2.10 bits per heavy atom. The molecule has 1 aromatic carbocycles. The molecule has 0 saturated carbocycles. The molecule has 1 fully saturated rings. The Bertz CT molecular complexity index is 490. The largest absolute Gasteiger partial charge is 0.395 e. The number of benzene rings is 1. The molecule has 21 heavy (non-hydrogen) atoms. The Morgan fingerprint density at radius 3 is 2.76 bits per heavy atom. The fourth-order valence-electron chi connectivity index (χ4n) is 2.77. The van der Waals surface area contributed by atoms with Gasteiger partial charge in [0.2, 0.25) is 0 Å². The van der Waals surface area contributed by atoms with Crippen molar-refractivity contribution in [2.24, 2.45) is 0 Å². The molecule has 5 nitrogen and oxygen atoms in total. The Labute approximate surface area is 126 Å². The van der Waals surface area contributed by atoms with E-state index in [9.17, 15) is 4.79 Å². The number of aliphatic hydroxyl groups is 1. The first kappa shape index (κ1) is 15.8. The summed E-state index contributed by atoms with van der Waals surface area (Å²) in [6.45, 7) is 6.14. The maximum atomic E-state index is 12.7. The van der Waals surface area contributed by atoms with Crippen LogP contribution in [0.3, 0.4) is 0 Å². The number of aryl methyl sites for hydroxylation is 1. The van der Waals surface area contributed by atoms with Crippen LogP contribution in [0.1, 0.15) is 22.3 Å². The van der Waals surface area contributed by atoms with Gasteiger partial charge in [0.15, 0.2) is 0 Å². The highest BCUT2D eigenvalue weighted by molar-refractivity contribution is 5.96. The minimum absolute atomic E-state index is 0.112. The third-order valence-corrected chi connectivity index (χ3v) is 4.04. The van der Waals surface area contributed by atoms with Crippen LogP contribution in [0.5, 0.6) is 0 Å². The van der Waals surface area contributed by atoms with Crippen molar-refractivity contribution in [2.75, 3.05) is 51.7 Å². The van der Waals surface area contributed by atoms with Crippen molar-refractivity contribution in [1.82, 2.24) is 9.80 Å². The molecule has 2 N–H and O–H groups in total. The standard InChI is InChI=1S/C16H25N3O2/c1-13-12-14(17-2)4-5-15(13)16(21)19-7-3-6-18(8-9-19)10-11-20/h4-5,12,17,20H,3,6-11H2,1-2H3. The summed E-state index contributed by atoms with van der Waals surface area (Å²) in [5.74, 6) is 0.112. The summed E-state index contributed by atoms with van der Waals surface area (Å²) in [6.07, 6.45) is 0.958. The lowest BCUT2D eigenvalue weighted by molar-refractivity contribution is 0.0760. The van der Waals surface area contributed by atoms with E-state index in [0.717, 1.165) is 49.4 Å². The van der Waals surface area contributed by atoms with Gasteiger partial charge in [0.1, 0.15) is 0 Å². The van der Waals surface area contributed by atoms with Crippen LogP contribution in [0.4, 0.5) is 5.69 Å². The van der Waals surface area contributed by atoms with Crippen molar-refractivity contribution in [1.29, 1.82) is 0 Å². The lowest BCUT2D eigenvalue weighted by Crippen LogP contribution is -2.36. The molecular weight excluding hydrogens is 266 g/mol. The molecule has 1 amide bonds. The molecule has 1 heterocycles. The Morgan fingerprint density at radius 1 is 1.29 bits per heavy atom. The summed E-state index contributed by atoms with van der Waals surface area (Å²) in [5.41, 5.74) is 2.81. The van der Waals surface area contributed by atoms with Crippen molar-refractivity contribution in [2.45, 2.75) is 13.3 Å². The summed E-state index contributed by atoms with van der Waals surface area (Å²) in [6, 6.07) is 5.85. The number of carbonyl (C=O) groups is 1. The van der Waals surface area contributed by atoms with Crippen molar-refractivity contribution >= 4 is 11.6 Å². The molecule has 0 radical (unpaired) electrons. The third kappa shape index (κ3) is 3.95. The number of hydrogen-bond acceptors (Lipinski definition) is 4. The Balaban J connectivity index is 2.06. The topological polar surface area (TPSA) is 55.8 Å². The van der Waals surface area contributed by atoms with Gasteiger partial charge in [-0.25, -0.2) is 0 Å². The fraction of sp³-hybridized carbons (Fsp3) is 0.562. The number of amides is 1. The number of nitrogens with one attached hydrogen (secondary N) is 1. The molecule has 0 unspecified atom stereocenters. The van der Waals surface area contributed by atoms with E-state index in [1.54, 1.807) is 0 Å². The predicted molar refractivity (Wildman–Crippen MR) is 84.8 cm³/mol. The van der Waals surface area contributed by atoms with E-state index in [1.165, 1.54) is 0 Å². The second kappa shape index (κ2) is 7.43.